The molecule has 94 valence electrons. The molecule has 2 N–H and O–H groups in total. The lowest BCUT2D eigenvalue weighted by Crippen LogP contribution is -2.15. The van der Waals surface area contributed by atoms with Gasteiger partial charge in [-0.15, -0.1) is 0 Å². The molecule has 0 aliphatic heterocycles. The van der Waals surface area contributed by atoms with Gasteiger partial charge in [0.1, 0.15) is 0 Å². The number of allylic oxidation sites excluding steroid dienone is 1. The lowest BCUT2D eigenvalue weighted by Gasteiger charge is -2.26. The topological polar surface area (TPSA) is 93.1 Å². The van der Waals surface area contributed by atoms with Crippen LogP contribution < -0.4 is 0 Å². The third kappa shape index (κ3) is 1.94. The van der Waals surface area contributed by atoms with Crippen LogP contribution in [0.15, 0.2) is 12.2 Å². The Balaban J connectivity index is 3.17. The molecule has 1 aliphatic rings. The lowest BCUT2D eigenvalue weighted by molar-refractivity contribution is 0.213. The van der Waals surface area contributed by atoms with E-state index in [2.05, 4.69) is 6.58 Å². The van der Waals surface area contributed by atoms with Crippen molar-refractivity contribution in [2.24, 2.45) is 0 Å². The minimum Gasteiger partial charge on any atom is -0.323 e. The van der Waals surface area contributed by atoms with Crippen molar-refractivity contribution in [1.29, 1.82) is 0 Å². The van der Waals surface area contributed by atoms with Crippen molar-refractivity contribution in [1.82, 2.24) is 0 Å². The molecule has 1 fully saturated rings. The summed E-state index contributed by atoms with van der Waals surface area (Å²) in [6, 6.07) is 0. The standard InChI is InChI=1S/C8H16O6P2/c1-4-13-16(12,14-5-2)8(6-7(8)3)15(9,10)11/h3-6H2,1-2H3,(H2,9,10,11). The van der Waals surface area contributed by atoms with Gasteiger partial charge in [-0.25, -0.2) is 0 Å². The van der Waals surface area contributed by atoms with E-state index in [-0.39, 0.29) is 25.2 Å². The van der Waals surface area contributed by atoms with Crippen molar-refractivity contribution in [2.45, 2.75) is 25.2 Å². The second-order valence-corrected chi connectivity index (χ2v) is 7.95. The number of hydrogen-bond acceptors (Lipinski definition) is 4. The Labute approximate surface area is 94.3 Å². The maximum atomic E-state index is 12.4. The Morgan fingerprint density at radius 2 is 1.69 bits per heavy atom. The molecule has 0 aromatic heterocycles. The van der Waals surface area contributed by atoms with Crippen LogP contribution in [-0.2, 0) is 18.2 Å². The highest BCUT2D eigenvalue weighted by Gasteiger charge is 2.74. The fraction of sp³-hybridized carbons (Fsp3) is 0.750. The summed E-state index contributed by atoms with van der Waals surface area (Å²) in [5.74, 6) is 0. The van der Waals surface area contributed by atoms with E-state index in [0.717, 1.165) is 0 Å². The maximum absolute atomic E-state index is 12.4. The first-order valence-electron chi connectivity index (χ1n) is 4.88. The largest absolute Gasteiger partial charge is 0.353 e. The summed E-state index contributed by atoms with van der Waals surface area (Å²) in [6.45, 7) is 6.79. The van der Waals surface area contributed by atoms with Gasteiger partial charge in [0, 0.05) is 6.42 Å². The summed E-state index contributed by atoms with van der Waals surface area (Å²) in [5.41, 5.74) is 0.228. The van der Waals surface area contributed by atoms with Gasteiger partial charge in [-0.2, -0.15) is 0 Å². The maximum Gasteiger partial charge on any atom is 0.353 e. The van der Waals surface area contributed by atoms with E-state index < -0.39 is 20.1 Å². The predicted octanol–water partition coefficient (Wildman–Crippen LogP) is 2.09. The molecule has 0 heterocycles. The normalized spacial score (nSPS) is 25.9. The van der Waals surface area contributed by atoms with Gasteiger partial charge in [-0.05, 0) is 19.4 Å². The van der Waals surface area contributed by atoms with Crippen LogP contribution in [0.1, 0.15) is 20.3 Å². The van der Waals surface area contributed by atoms with Crippen LogP contribution in [0.4, 0.5) is 0 Å². The van der Waals surface area contributed by atoms with Gasteiger partial charge in [-0.3, -0.25) is 9.13 Å². The van der Waals surface area contributed by atoms with Gasteiger partial charge in [0.2, 0.25) is 0 Å². The molecule has 0 radical (unpaired) electrons. The first kappa shape index (κ1) is 14.1. The molecule has 1 saturated carbocycles. The van der Waals surface area contributed by atoms with E-state index in [1.807, 2.05) is 0 Å². The molecule has 1 aliphatic carbocycles. The average molecular weight is 270 g/mol. The van der Waals surface area contributed by atoms with Crippen molar-refractivity contribution in [2.75, 3.05) is 13.2 Å². The van der Waals surface area contributed by atoms with E-state index >= 15 is 0 Å². The summed E-state index contributed by atoms with van der Waals surface area (Å²) < 4.78 is 33.7. The number of hydrogen-bond donors (Lipinski definition) is 2. The van der Waals surface area contributed by atoms with Crippen molar-refractivity contribution in [3.63, 3.8) is 0 Å². The van der Waals surface area contributed by atoms with E-state index in [9.17, 15) is 18.9 Å². The Kier molecular flexibility index (Phi) is 3.85. The second-order valence-electron chi connectivity index (χ2n) is 3.47. The van der Waals surface area contributed by atoms with Crippen LogP contribution in [-0.4, -0.2) is 27.9 Å². The lowest BCUT2D eigenvalue weighted by atomic mass is 10.7. The van der Waals surface area contributed by atoms with Crippen LogP contribution in [0.5, 0.6) is 0 Å². The average Bonchev–Trinajstić information content (AvgIpc) is 2.79. The minimum absolute atomic E-state index is 0.0193. The zero-order valence-electron chi connectivity index (χ0n) is 9.25. The van der Waals surface area contributed by atoms with E-state index in [1.54, 1.807) is 13.8 Å². The van der Waals surface area contributed by atoms with Crippen LogP contribution in [0.3, 0.4) is 0 Å². The molecule has 1 unspecified atom stereocenters. The summed E-state index contributed by atoms with van der Waals surface area (Å²) >= 11 is 0. The van der Waals surface area contributed by atoms with Gasteiger partial charge in [-0.1, -0.05) is 6.58 Å². The van der Waals surface area contributed by atoms with Crippen LogP contribution in [0, 0.1) is 0 Å². The molecule has 0 saturated heterocycles. The van der Waals surface area contributed by atoms with Crippen LogP contribution >= 0.6 is 15.2 Å². The summed E-state index contributed by atoms with van der Waals surface area (Å²) in [4.78, 5) is 16.8. The predicted molar refractivity (Wildman–Crippen MR) is 59.4 cm³/mol. The Hall–Kier alpha value is 0.0400. The Bertz CT molecular complexity index is 376. The molecule has 1 atom stereocenters. The Morgan fingerprint density at radius 3 is 1.88 bits per heavy atom. The molecule has 0 aromatic rings. The van der Waals surface area contributed by atoms with Crippen molar-refractivity contribution >= 4 is 15.2 Å². The van der Waals surface area contributed by atoms with Crippen molar-refractivity contribution in [3.05, 3.63) is 12.2 Å². The fourth-order valence-electron chi connectivity index (χ4n) is 1.60. The molecule has 1 rings (SSSR count). The molecule has 8 heteroatoms. The van der Waals surface area contributed by atoms with Gasteiger partial charge < -0.3 is 18.8 Å². The highest BCUT2D eigenvalue weighted by atomic mass is 31.2. The molecular formula is C8H16O6P2. The van der Waals surface area contributed by atoms with Gasteiger partial charge >= 0.3 is 15.2 Å². The molecule has 0 aromatic carbocycles. The SMILES string of the molecule is C=C1CC1(P(=O)(O)O)P(=O)(OCC)OCC. The summed E-state index contributed by atoms with van der Waals surface area (Å²) in [5, 5.41) is 0. The van der Waals surface area contributed by atoms with Crippen LogP contribution in [0.2, 0.25) is 0 Å². The molecule has 0 amide bonds. The molecule has 6 nitrogen and oxygen atoms in total. The zero-order valence-corrected chi connectivity index (χ0v) is 11.0. The third-order valence-electron chi connectivity index (χ3n) is 2.43. The van der Waals surface area contributed by atoms with Gasteiger partial charge in [0.15, 0.2) is 4.90 Å². The second kappa shape index (κ2) is 4.37. The summed E-state index contributed by atoms with van der Waals surface area (Å²) in [7, 11) is -8.46. The smallest absolute Gasteiger partial charge is 0.323 e. The van der Waals surface area contributed by atoms with Crippen molar-refractivity contribution < 1.29 is 28.0 Å². The van der Waals surface area contributed by atoms with E-state index in [0.29, 0.717) is 0 Å². The fourth-order valence-corrected chi connectivity index (χ4v) is 5.99. The molecule has 0 bridgehead atoms. The zero-order chi connectivity index (χ0) is 12.6. The van der Waals surface area contributed by atoms with Crippen molar-refractivity contribution in [3.8, 4) is 0 Å². The Morgan fingerprint density at radius 1 is 1.31 bits per heavy atom. The van der Waals surface area contributed by atoms with E-state index in [4.69, 9.17) is 9.05 Å². The van der Waals surface area contributed by atoms with E-state index in [1.165, 1.54) is 0 Å². The molecular weight excluding hydrogens is 254 g/mol. The summed E-state index contributed by atoms with van der Waals surface area (Å²) in [6.07, 6.45) is -0.0193. The third-order valence-corrected chi connectivity index (χ3v) is 7.97. The quantitative estimate of drug-likeness (QED) is 0.567. The molecule has 0 spiro atoms. The highest BCUT2D eigenvalue weighted by Crippen LogP contribution is 2.86. The minimum atomic E-state index is -4.61. The first-order valence-corrected chi connectivity index (χ1v) is 8.03. The molecule has 16 heavy (non-hydrogen) atoms. The van der Waals surface area contributed by atoms with Gasteiger partial charge in [0.25, 0.3) is 0 Å². The monoisotopic (exact) mass is 270 g/mol. The van der Waals surface area contributed by atoms with Gasteiger partial charge in [0.05, 0.1) is 13.2 Å². The van der Waals surface area contributed by atoms with Crippen LogP contribution in [0.25, 0.3) is 0 Å². The first-order chi connectivity index (χ1) is 7.25. The highest BCUT2D eigenvalue weighted by molar-refractivity contribution is 7.74. The number of rotatable bonds is 6.